The molecule has 0 N–H and O–H groups in total. The van der Waals surface area contributed by atoms with E-state index in [4.69, 9.17) is 4.42 Å². The number of halogens is 1. The first-order valence-electron chi connectivity index (χ1n) is 8.12. The van der Waals surface area contributed by atoms with E-state index in [-0.39, 0.29) is 5.82 Å². The van der Waals surface area contributed by atoms with Gasteiger partial charge in [0.2, 0.25) is 0 Å². The molecule has 0 saturated heterocycles. The number of nitrogens with zero attached hydrogens (tertiary/aromatic N) is 1. The third-order valence-electron chi connectivity index (χ3n) is 4.55. The summed E-state index contributed by atoms with van der Waals surface area (Å²) < 4.78 is 20.0. The van der Waals surface area contributed by atoms with Crippen LogP contribution in [0.15, 0.2) is 65.1 Å². The highest BCUT2D eigenvalue weighted by atomic mass is 19.1. The number of hydrogen-bond acceptors (Lipinski definition) is 2. The third kappa shape index (κ3) is 2.16. The summed E-state index contributed by atoms with van der Waals surface area (Å²) in [5.41, 5.74) is 4.36. The Morgan fingerprint density at radius 2 is 1.50 bits per heavy atom. The van der Waals surface area contributed by atoms with Gasteiger partial charge in [0, 0.05) is 23.5 Å². The second-order valence-electron chi connectivity index (χ2n) is 5.91. The van der Waals surface area contributed by atoms with Crippen LogP contribution in [-0.2, 0) is 6.42 Å². The first kappa shape index (κ1) is 14.8. The second-order valence-corrected chi connectivity index (χ2v) is 5.91. The van der Waals surface area contributed by atoms with Crippen molar-refractivity contribution >= 4 is 33.3 Å². The van der Waals surface area contributed by atoms with Crippen molar-refractivity contribution in [1.82, 2.24) is 0 Å². The van der Waals surface area contributed by atoms with Crippen molar-refractivity contribution in [2.45, 2.75) is 13.3 Å². The number of fused-ring (bicyclic) bond motifs is 3. The van der Waals surface area contributed by atoms with E-state index in [1.54, 1.807) is 6.07 Å². The largest absolute Gasteiger partial charge is 0.451 e. The van der Waals surface area contributed by atoms with Gasteiger partial charge in [-0.05, 0) is 30.2 Å². The molecule has 0 spiro atoms. The summed E-state index contributed by atoms with van der Waals surface area (Å²) in [7, 11) is 2.02. The van der Waals surface area contributed by atoms with Gasteiger partial charge in [-0.25, -0.2) is 4.39 Å². The lowest BCUT2D eigenvalue weighted by molar-refractivity contribution is 0.584. The Hall–Kier alpha value is -2.81. The average Bonchev–Trinajstić information content (AvgIpc) is 3.01. The summed E-state index contributed by atoms with van der Waals surface area (Å²) in [6.45, 7) is 2.14. The number of aryl methyl sites for hydroxylation is 1. The first-order valence-corrected chi connectivity index (χ1v) is 8.12. The van der Waals surface area contributed by atoms with E-state index < -0.39 is 0 Å². The molecule has 0 atom stereocenters. The van der Waals surface area contributed by atoms with Crippen molar-refractivity contribution in [2.24, 2.45) is 0 Å². The van der Waals surface area contributed by atoms with Crippen LogP contribution in [0.1, 0.15) is 12.5 Å². The third-order valence-corrected chi connectivity index (χ3v) is 4.55. The molecule has 0 aliphatic rings. The number of furan rings is 1. The van der Waals surface area contributed by atoms with Crippen molar-refractivity contribution < 1.29 is 8.81 Å². The predicted octanol–water partition coefficient (Wildman–Crippen LogP) is 6.06. The highest BCUT2D eigenvalue weighted by Crippen LogP contribution is 2.38. The lowest BCUT2D eigenvalue weighted by Gasteiger charge is -2.22. The monoisotopic (exact) mass is 319 g/mol. The second kappa shape index (κ2) is 5.68. The molecule has 4 aromatic rings. The van der Waals surface area contributed by atoms with Crippen LogP contribution in [0.25, 0.3) is 21.9 Å². The molecule has 2 nitrogen and oxygen atoms in total. The van der Waals surface area contributed by atoms with Gasteiger partial charge in [-0.1, -0.05) is 49.4 Å². The molecule has 0 radical (unpaired) electrons. The minimum Gasteiger partial charge on any atom is -0.451 e. The lowest BCUT2D eigenvalue weighted by Crippen LogP contribution is -2.11. The van der Waals surface area contributed by atoms with Crippen LogP contribution in [0.3, 0.4) is 0 Å². The zero-order chi connectivity index (χ0) is 16.7. The number of benzene rings is 3. The first-order chi connectivity index (χ1) is 11.7. The molecule has 4 rings (SSSR count). The van der Waals surface area contributed by atoms with Crippen LogP contribution in [0, 0.1) is 5.82 Å². The number of para-hydroxylation sites is 3. The molecule has 0 saturated carbocycles. The molecule has 24 heavy (non-hydrogen) atoms. The van der Waals surface area contributed by atoms with Crippen molar-refractivity contribution in [3.63, 3.8) is 0 Å². The minimum atomic E-state index is -0.328. The average molecular weight is 319 g/mol. The van der Waals surface area contributed by atoms with Crippen LogP contribution in [-0.4, -0.2) is 7.05 Å². The standard InChI is InChI=1S/C21H18FNO/c1-3-14-8-4-5-12-18(14)23(2)19-13-7-10-16-15-9-6-11-17(22)20(15)24-21(16)19/h4-13H,3H2,1-2H3. The summed E-state index contributed by atoms with van der Waals surface area (Å²) in [4.78, 5) is 2.11. The summed E-state index contributed by atoms with van der Waals surface area (Å²) in [6, 6.07) is 19.3. The minimum absolute atomic E-state index is 0.317. The van der Waals surface area contributed by atoms with Gasteiger partial charge in [-0.3, -0.25) is 0 Å². The fourth-order valence-electron chi connectivity index (χ4n) is 3.30. The van der Waals surface area contributed by atoms with Crippen molar-refractivity contribution in [3.05, 3.63) is 72.0 Å². The van der Waals surface area contributed by atoms with E-state index in [1.165, 1.54) is 11.6 Å². The molecular formula is C21H18FNO. The van der Waals surface area contributed by atoms with Gasteiger partial charge in [0.05, 0.1) is 5.69 Å². The molecule has 0 bridgehead atoms. The maximum absolute atomic E-state index is 14.1. The fraction of sp³-hybridized carbons (Fsp3) is 0.143. The van der Waals surface area contributed by atoms with Crippen LogP contribution in [0.2, 0.25) is 0 Å². The van der Waals surface area contributed by atoms with Gasteiger partial charge >= 0.3 is 0 Å². The molecule has 1 heterocycles. The molecule has 120 valence electrons. The zero-order valence-electron chi connectivity index (χ0n) is 13.7. The van der Waals surface area contributed by atoms with Crippen molar-refractivity contribution in [2.75, 3.05) is 11.9 Å². The van der Waals surface area contributed by atoms with E-state index in [2.05, 4.69) is 24.0 Å². The van der Waals surface area contributed by atoms with E-state index >= 15 is 0 Å². The zero-order valence-corrected chi connectivity index (χ0v) is 13.7. The highest BCUT2D eigenvalue weighted by Gasteiger charge is 2.17. The van der Waals surface area contributed by atoms with Gasteiger partial charge < -0.3 is 9.32 Å². The van der Waals surface area contributed by atoms with Crippen molar-refractivity contribution in [1.29, 1.82) is 0 Å². The Bertz CT molecular complexity index is 1030. The highest BCUT2D eigenvalue weighted by molar-refractivity contribution is 6.09. The van der Waals surface area contributed by atoms with E-state index in [0.29, 0.717) is 11.2 Å². The topological polar surface area (TPSA) is 16.4 Å². The van der Waals surface area contributed by atoms with Gasteiger partial charge in [0.15, 0.2) is 17.0 Å². The van der Waals surface area contributed by atoms with Crippen LogP contribution in [0.4, 0.5) is 15.8 Å². The Morgan fingerprint density at radius 1 is 0.833 bits per heavy atom. The Labute approximate surface area is 140 Å². The fourth-order valence-corrected chi connectivity index (χ4v) is 3.30. The molecule has 1 aromatic heterocycles. The molecule has 0 unspecified atom stereocenters. The number of hydrogen-bond donors (Lipinski definition) is 0. The summed E-state index contributed by atoms with van der Waals surface area (Å²) >= 11 is 0. The molecule has 3 heteroatoms. The van der Waals surface area contributed by atoms with E-state index in [1.807, 2.05) is 43.4 Å². The van der Waals surface area contributed by atoms with Crippen LogP contribution in [0.5, 0.6) is 0 Å². The van der Waals surface area contributed by atoms with Gasteiger partial charge in [0.1, 0.15) is 0 Å². The molecule has 0 aliphatic heterocycles. The normalized spacial score (nSPS) is 11.3. The Balaban J connectivity index is 1.97. The summed E-state index contributed by atoms with van der Waals surface area (Å²) in [5.74, 6) is -0.328. The van der Waals surface area contributed by atoms with Gasteiger partial charge in [-0.2, -0.15) is 0 Å². The Morgan fingerprint density at radius 3 is 2.29 bits per heavy atom. The Kier molecular flexibility index (Phi) is 3.49. The SMILES string of the molecule is CCc1ccccc1N(C)c1cccc2c1oc1c(F)cccc12. The van der Waals surface area contributed by atoms with Crippen LogP contribution >= 0.6 is 0 Å². The van der Waals surface area contributed by atoms with Gasteiger partial charge in [0.25, 0.3) is 0 Å². The number of rotatable bonds is 3. The van der Waals surface area contributed by atoms with Crippen LogP contribution < -0.4 is 4.90 Å². The molecule has 3 aromatic carbocycles. The number of anilines is 2. The quantitative estimate of drug-likeness (QED) is 0.456. The van der Waals surface area contributed by atoms with E-state index in [9.17, 15) is 4.39 Å². The predicted molar refractivity (Wildman–Crippen MR) is 97.6 cm³/mol. The summed E-state index contributed by atoms with van der Waals surface area (Å²) in [6.07, 6.45) is 0.950. The van der Waals surface area contributed by atoms with Gasteiger partial charge in [-0.15, -0.1) is 0 Å². The van der Waals surface area contributed by atoms with E-state index in [0.717, 1.165) is 28.6 Å². The molecule has 0 amide bonds. The molecular weight excluding hydrogens is 301 g/mol. The summed E-state index contributed by atoms with van der Waals surface area (Å²) in [5, 5.41) is 1.74. The maximum Gasteiger partial charge on any atom is 0.171 e. The van der Waals surface area contributed by atoms with Crippen molar-refractivity contribution in [3.8, 4) is 0 Å². The smallest absolute Gasteiger partial charge is 0.171 e. The lowest BCUT2D eigenvalue weighted by atomic mass is 10.1. The molecule has 0 fully saturated rings. The maximum atomic E-state index is 14.1. The molecule has 0 aliphatic carbocycles.